The third kappa shape index (κ3) is 4.71. The number of anilines is 1. The highest BCUT2D eigenvalue weighted by molar-refractivity contribution is 6.00. The van der Waals surface area contributed by atoms with E-state index in [0.717, 1.165) is 12.1 Å². The van der Waals surface area contributed by atoms with Crippen LogP contribution >= 0.6 is 0 Å². The van der Waals surface area contributed by atoms with Gasteiger partial charge in [-0.2, -0.15) is 18.3 Å². The Bertz CT molecular complexity index is 836. The zero-order valence-electron chi connectivity index (χ0n) is 15.3. The second-order valence-electron chi connectivity index (χ2n) is 7.03. The summed E-state index contributed by atoms with van der Waals surface area (Å²) in [4.78, 5) is 25.9. The molecule has 3 rings (SSSR count). The van der Waals surface area contributed by atoms with Gasteiger partial charge in [-0.3, -0.25) is 14.3 Å². The molecule has 2 heterocycles. The molecule has 150 valence electrons. The van der Waals surface area contributed by atoms with Crippen LogP contribution in [0, 0.1) is 11.8 Å². The number of alkyl halides is 3. The molecule has 0 saturated carbocycles. The highest BCUT2D eigenvalue weighted by atomic mass is 19.4. The van der Waals surface area contributed by atoms with E-state index in [2.05, 4.69) is 10.4 Å². The molecule has 1 fully saturated rings. The molecule has 0 bridgehead atoms. The van der Waals surface area contributed by atoms with Crippen molar-refractivity contribution in [1.82, 2.24) is 15.1 Å². The van der Waals surface area contributed by atoms with Crippen molar-refractivity contribution in [2.24, 2.45) is 11.8 Å². The average Bonchev–Trinajstić information content (AvgIpc) is 3.28. The monoisotopic (exact) mass is 394 g/mol. The Hall–Kier alpha value is -2.84. The number of halogens is 3. The SMILES string of the molecule is CC(CNC(=O)C1CC(=O)N(c2cccc(C(F)(F)F)c2)C1)Cn1cccn1. The average molecular weight is 394 g/mol. The van der Waals surface area contributed by atoms with Crippen LogP contribution in [0.15, 0.2) is 42.7 Å². The largest absolute Gasteiger partial charge is 0.416 e. The van der Waals surface area contributed by atoms with Gasteiger partial charge in [-0.15, -0.1) is 0 Å². The first kappa shape index (κ1) is 19.9. The zero-order chi connectivity index (χ0) is 20.3. The summed E-state index contributed by atoms with van der Waals surface area (Å²) in [5.74, 6) is -1.07. The van der Waals surface area contributed by atoms with Crippen molar-refractivity contribution in [3.63, 3.8) is 0 Å². The Morgan fingerprint density at radius 2 is 2.14 bits per heavy atom. The second kappa shape index (κ2) is 8.04. The number of rotatable bonds is 6. The molecule has 1 aromatic heterocycles. The quantitative estimate of drug-likeness (QED) is 0.819. The van der Waals surface area contributed by atoms with Gasteiger partial charge in [-0.1, -0.05) is 13.0 Å². The van der Waals surface area contributed by atoms with Crippen molar-refractivity contribution in [3.05, 3.63) is 48.3 Å². The van der Waals surface area contributed by atoms with E-state index < -0.39 is 17.7 Å². The molecule has 1 aromatic carbocycles. The summed E-state index contributed by atoms with van der Waals surface area (Å²) in [5, 5.41) is 6.94. The molecule has 28 heavy (non-hydrogen) atoms. The van der Waals surface area contributed by atoms with E-state index in [9.17, 15) is 22.8 Å². The van der Waals surface area contributed by atoms with Crippen molar-refractivity contribution in [2.75, 3.05) is 18.0 Å². The van der Waals surface area contributed by atoms with Crippen LogP contribution in [-0.2, 0) is 22.3 Å². The van der Waals surface area contributed by atoms with Crippen LogP contribution in [0.25, 0.3) is 0 Å². The predicted octanol–water partition coefficient (Wildman–Crippen LogP) is 2.71. The molecule has 1 saturated heterocycles. The molecule has 2 unspecified atom stereocenters. The number of amides is 2. The van der Waals surface area contributed by atoms with Crippen molar-refractivity contribution in [2.45, 2.75) is 26.1 Å². The maximum absolute atomic E-state index is 12.9. The Morgan fingerprint density at radius 3 is 2.82 bits per heavy atom. The minimum absolute atomic E-state index is 0.0182. The molecule has 6 nitrogen and oxygen atoms in total. The number of hydrogen-bond acceptors (Lipinski definition) is 3. The molecule has 0 aliphatic carbocycles. The lowest BCUT2D eigenvalue weighted by Crippen LogP contribution is -2.36. The number of carbonyl (C=O) groups excluding carboxylic acids is 2. The molecule has 1 aliphatic heterocycles. The topological polar surface area (TPSA) is 67.2 Å². The number of hydrogen-bond donors (Lipinski definition) is 1. The van der Waals surface area contributed by atoms with E-state index in [1.54, 1.807) is 10.9 Å². The van der Waals surface area contributed by atoms with Gasteiger partial charge in [0.1, 0.15) is 0 Å². The maximum Gasteiger partial charge on any atom is 0.416 e. The number of nitrogens with one attached hydrogen (secondary N) is 1. The van der Waals surface area contributed by atoms with E-state index in [-0.39, 0.29) is 36.4 Å². The van der Waals surface area contributed by atoms with Gasteiger partial charge in [-0.05, 0) is 30.2 Å². The minimum atomic E-state index is -4.49. The fourth-order valence-corrected chi connectivity index (χ4v) is 3.19. The van der Waals surface area contributed by atoms with Gasteiger partial charge in [0.2, 0.25) is 11.8 Å². The van der Waals surface area contributed by atoms with Gasteiger partial charge in [0.15, 0.2) is 0 Å². The zero-order valence-corrected chi connectivity index (χ0v) is 15.3. The minimum Gasteiger partial charge on any atom is -0.355 e. The second-order valence-corrected chi connectivity index (χ2v) is 7.03. The highest BCUT2D eigenvalue weighted by Gasteiger charge is 2.36. The molecule has 2 atom stereocenters. The van der Waals surface area contributed by atoms with Crippen LogP contribution in [-0.4, -0.2) is 34.7 Å². The van der Waals surface area contributed by atoms with Crippen molar-refractivity contribution >= 4 is 17.5 Å². The summed E-state index contributed by atoms with van der Waals surface area (Å²) in [7, 11) is 0. The third-order valence-corrected chi connectivity index (χ3v) is 4.66. The van der Waals surface area contributed by atoms with Gasteiger partial charge in [-0.25, -0.2) is 0 Å². The van der Waals surface area contributed by atoms with Gasteiger partial charge in [0, 0.05) is 44.1 Å². The summed E-state index contributed by atoms with van der Waals surface area (Å²) in [6.07, 6.45) is -0.991. The summed E-state index contributed by atoms with van der Waals surface area (Å²) >= 11 is 0. The van der Waals surface area contributed by atoms with E-state index in [1.165, 1.54) is 17.0 Å². The predicted molar refractivity (Wildman–Crippen MR) is 96.3 cm³/mol. The smallest absolute Gasteiger partial charge is 0.355 e. The van der Waals surface area contributed by atoms with Crippen molar-refractivity contribution < 1.29 is 22.8 Å². The molecule has 0 radical (unpaired) electrons. The lowest BCUT2D eigenvalue weighted by atomic mass is 10.1. The Kier molecular flexibility index (Phi) is 5.71. The van der Waals surface area contributed by atoms with Crippen LogP contribution in [0.1, 0.15) is 18.9 Å². The molecule has 1 N–H and O–H groups in total. The first-order chi connectivity index (χ1) is 13.2. The summed E-state index contributed by atoms with van der Waals surface area (Å²) in [6, 6.07) is 6.41. The molecule has 2 aromatic rings. The van der Waals surface area contributed by atoms with E-state index in [4.69, 9.17) is 0 Å². The van der Waals surface area contributed by atoms with E-state index in [1.807, 2.05) is 19.2 Å². The number of nitrogens with zero attached hydrogens (tertiary/aromatic N) is 3. The number of benzene rings is 1. The fourth-order valence-electron chi connectivity index (χ4n) is 3.19. The van der Waals surface area contributed by atoms with Crippen LogP contribution in [0.5, 0.6) is 0 Å². The van der Waals surface area contributed by atoms with Crippen LogP contribution in [0.3, 0.4) is 0 Å². The van der Waals surface area contributed by atoms with Gasteiger partial charge >= 0.3 is 6.18 Å². The third-order valence-electron chi connectivity index (χ3n) is 4.66. The Morgan fingerprint density at radius 1 is 1.36 bits per heavy atom. The molecular formula is C19H21F3N4O2. The maximum atomic E-state index is 12.9. The first-order valence-corrected chi connectivity index (χ1v) is 8.97. The van der Waals surface area contributed by atoms with E-state index >= 15 is 0 Å². The first-order valence-electron chi connectivity index (χ1n) is 8.97. The lowest BCUT2D eigenvalue weighted by Gasteiger charge is -2.19. The van der Waals surface area contributed by atoms with Gasteiger partial charge in [0.25, 0.3) is 0 Å². The molecule has 2 amide bonds. The standard InChI is InChI=1S/C19H21F3N4O2/c1-13(11-25-7-3-6-24-25)10-23-18(28)14-8-17(27)26(12-14)16-5-2-4-15(9-16)19(20,21)22/h2-7,9,13-14H,8,10-12H2,1H3,(H,23,28). The van der Waals surface area contributed by atoms with Crippen LogP contribution in [0.2, 0.25) is 0 Å². The summed E-state index contributed by atoms with van der Waals surface area (Å²) in [5.41, 5.74) is -0.666. The van der Waals surface area contributed by atoms with Crippen LogP contribution < -0.4 is 10.2 Å². The van der Waals surface area contributed by atoms with Crippen molar-refractivity contribution in [1.29, 1.82) is 0 Å². The van der Waals surface area contributed by atoms with Crippen LogP contribution in [0.4, 0.5) is 18.9 Å². The number of aromatic nitrogens is 2. The Balaban J connectivity index is 1.57. The highest BCUT2D eigenvalue weighted by Crippen LogP contribution is 2.33. The van der Waals surface area contributed by atoms with E-state index in [0.29, 0.717) is 13.1 Å². The molecular weight excluding hydrogens is 373 g/mol. The normalized spacial score (nSPS) is 18.4. The Labute approximate surface area is 160 Å². The summed E-state index contributed by atoms with van der Waals surface area (Å²) < 4.78 is 40.5. The van der Waals surface area contributed by atoms with Gasteiger partial charge in [0.05, 0.1) is 11.5 Å². The number of carbonyl (C=O) groups is 2. The molecule has 0 spiro atoms. The van der Waals surface area contributed by atoms with Crippen molar-refractivity contribution in [3.8, 4) is 0 Å². The lowest BCUT2D eigenvalue weighted by molar-refractivity contribution is -0.137. The molecule has 9 heteroatoms. The fraction of sp³-hybridized carbons (Fsp3) is 0.421. The summed E-state index contributed by atoms with van der Waals surface area (Å²) in [6.45, 7) is 3.11. The molecule has 1 aliphatic rings. The van der Waals surface area contributed by atoms with Gasteiger partial charge < -0.3 is 10.2 Å².